The average Bonchev–Trinajstić information content (AvgIpc) is 2.69. The number of rotatable bonds is 3. The average molecular weight is 213 g/mol. The summed E-state index contributed by atoms with van der Waals surface area (Å²) in [6, 6.07) is 8.09. The van der Waals surface area contributed by atoms with E-state index in [0.29, 0.717) is 0 Å². The third-order valence-electron chi connectivity index (χ3n) is 2.55. The Labute approximate surface area is 95.7 Å². The van der Waals surface area contributed by atoms with Crippen molar-refractivity contribution in [3.05, 3.63) is 54.1 Å². The maximum Gasteiger partial charge on any atom is 0.0696 e. The van der Waals surface area contributed by atoms with Crippen molar-refractivity contribution in [2.45, 2.75) is 19.4 Å². The third-order valence-corrected chi connectivity index (χ3v) is 2.55. The number of aliphatic hydroxyl groups is 1. The van der Waals surface area contributed by atoms with Crippen molar-refractivity contribution in [3.8, 4) is 0 Å². The summed E-state index contributed by atoms with van der Waals surface area (Å²) in [7, 11) is 0. The van der Waals surface area contributed by atoms with Crippen LogP contribution in [0.3, 0.4) is 0 Å². The first-order valence-electron chi connectivity index (χ1n) is 5.38. The van der Waals surface area contributed by atoms with Gasteiger partial charge in [0.25, 0.3) is 0 Å². The van der Waals surface area contributed by atoms with Crippen LogP contribution in [-0.2, 0) is 6.42 Å². The quantitative estimate of drug-likeness (QED) is 0.769. The van der Waals surface area contributed by atoms with E-state index < -0.39 is 6.10 Å². The first kappa shape index (κ1) is 10.8. The molecular weight excluding hydrogens is 198 g/mol. The minimum Gasteiger partial charge on any atom is -0.389 e. The molecule has 0 unspecified atom stereocenters. The maximum absolute atomic E-state index is 9.15. The van der Waals surface area contributed by atoms with Gasteiger partial charge < -0.3 is 5.11 Å². The van der Waals surface area contributed by atoms with Crippen LogP contribution >= 0.6 is 0 Å². The Hall–Kier alpha value is -1.67. The van der Waals surface area contributed by atoms with Gasteiger partial charge >= 0.3 is 0 Å². The summed E-state index contributed by atoms with van der Waals surface area (Å²) < 4.78 is 0. The molecule has 0 aliphatic carbocycles. The maximum atomic E-state index is 9.15. The monoisotopic (exact) mass is 213 g/mol. The first-order valence-corrected chi connectivity index (χ1v) is 5.38. The van der Waals surface area contributed by atoms with Crippen molar-refractivity contribution < 1.29 is 5.11 Å². The number of hydrogen-bond acceptors (Lipinski definition) is 2. The van der Waals surface area contributed by atoms with Crippen molar-refractivity contribution in [3.63, 3.8) is 0 Å². The van der Waals surface area contributed by atoms with Gasteiger partial charge in [-0.2, -0.15) is 0 Å². The van der Waals surface area contributed by atoms with E-state index in [2.05, 4.69) is 17.6 Å². The summed E-state index contributed by atoms with van der Waals surface area (Å²) in [4.78, 5) is 4.51. The van der Waals surface area contributed by atoms with Crippen molar-refractivity contribution in [2.75, 3.05) is 0 Å². The van der Waals surface area contributed by atoms with Gasteiger partial charge in [0.05, 0.1) is 17.5 Å². The molecule has 1 aromatic rings. The van der Waals surface area contributed by atoms with Crippen molar-refractivity contribution in [1.29, 1.82) is 0 Å². The summed E-state index contributed by atoms with van der Waals surface area (Å²) >= 11 is 0. The van der Waals surface area contributed by atoms with Gasteiger partial charge in [0.2, 0.25) is 0 Å². The number of allylic oxidation sites excluding steroid dienone is 2. The molecule has 0 saturated heterocycles. The van der Waals surface area contributed by atoms with E-state index in [-0.39, 0.29) is 0 Å². The predicted molar refractivity (Wildman–Crippen MR) is 67.2 cm³/mol. The second-order valence-corrected chi connectivity index (χ2v) is 3.99. The Morgan fingerprint density at radius 1 is 1.50 bits per heavy atom. The molecule has 0 bridgehead atoms. The fraction of sp³-hybridized carbons (Fsp3) is 0.214. The normalized spacial score (nSPS) is 16.0. The summed E-state index contributed by atoms with van der Waals surface area (Å²) in [5, 5.41) is 9.15. The topological polar surface area (TPSA) is 32.6 Å². The van der Waals surface area contributed by atoms with Gasteiger partial charge in [0, 0.05) is 6.42 Å². The molecule has 16 heavy (non-hydrogen) atoms. The Morgan fingerprint density at radius 3 is 2.94 bits per heavy atom. The number of nitrogens with zero attached hydrogens (tertiary/aromatic N) is 1. The third kappa shape index (κ3) is 2.28. The molecule has 1 aliphatic rings. The summed E-state index contributed by atoms with van der Waals surface area (Å²) in [6.45, 7) is 5.68. The van der Waals surface area contributed by atoms with Gasteiger partial charge in [-0.1, -0.05) is 36.9 Å². The predicted octanol–water partition coefficient (Wildman–Crippen LogP) is 2.81. The number of fused-ring (bicyclic) bond motifs is 1. The standard InChI is InChI=1S/C14H15NO/c1-10(7-8-11(2)16)14-9-12-5-3-4-6-13(12)15-14/h3-8,11,16H,1,9H2,2H3/b8-7-/t11-/m1/s1. The molecule has 0 spiro atoms. The molecule has 1 aliphatic heterocycles. The van der Waals surface area contributed by atoms with Crippen LogP contribution in [0, 0.1) is 0 Å². The lowest BCUT2D eigenvalue weighted by Gasteiger charge is -1.99. The molecule has 2 rings (SSSR count). The molecule has 0 amide bonds. The largest absolute Gasteiger partial charge is 0.389 e. The van der Waals surface area contributed by atoms with Crippen LogP contribution in [0.1, 0.15) is 12.5 Å². The Balaban J connectivity index is 2.13. The van der Waals surface area contributed by atoms with Crippen molar-refractivity contribution in [2.24, 2.45) is 4.99 Å². The number of aliphatic imine (C=N–C) groups is 1. The van der Waals surface area contributed by atoms with Crippen LogP contribution in [0.5, 0.6) is 0 Å². The van der Waals surface area contributed by atoms with E-state index in [0.717, 1.165) is 23.4 Å². The van der Waals surface area contributed by atoms with E-state index >= 15 is 0 Å². The Morgan fingerprint density at radius 2 is 2.25 bits per heavy atom. The molecule has 1 aromatic carbocycles. The SMILES string of the molecule is C=C(/C=C\[C@@H](C)O)C1=Nc2ccccc2C1. The van der Waals surface area contributed by atoms with E-state index in [4.69, 9.17) is 5.11 Å². The van der Waals surface area contributed by atoms with Gasteiger partial charge in [-0.3, -0.25) is 4.99 Å². The van der Waals surface area contributed by atoms with Gasteiger partial charge in [0.15, 0.2) is 0 Å². The van der Waals surface area contributed by atoms with Gasteiger partial charge in [-0.15, -0.1) is 0 Å². The van der Waals surface area contributed by atoms with Crippen molar-refractivity contribution in [1.82, 2.24) is 0 Å². The zero-order chi connectivity index (χ0) is 11.5. The number of para-hydroxylation sites is 1. The summed E-state index contributed by atoms with van der Waals surface area (Å²) in [5.41, 5.74) is 4.13. The molecule has 0 radical (unpaired) electrons. The highest BCUT2D eigenvalue weighted by Gasteiger charge is 2.14. The van der Waals surface area contributed by atoms with Crippen molar-refractivity contribution >= 4 is 11.4 Å². The minimum absolute atomic E-state index is 0.443. The fourth-order valence-electron chi connectivity index (χ4n) is 1.67. The Kier molecular flexibility index (Phi) is 3.02. The van der Waals surface area contributed by atoms with Gasteiger partial charge in [-0.05, 0) is 24.1 Å². The molecule has 82 valence electrons. The van der Waals surface area contributed by atoms with Crippen LogP contribution in [-0.4, -0.2) is 16.9 Å². The zero-order valence-corrected chi connectivity index (χ0v) is 9.35. The van der Waals surface area contributed by atoms with E-state index in [1.54, 1.807) is 13.0 Å². The number of aliphatic hydroxyl groups excluding tert-OH is 1. The molecule has 0 saturated carbocycles. The minimum atomic E-state index is -0.443. The molecule has 2 heteroatoms. The highest BCUT2D eigenvalue weighted by Crippen LogP contribution is 2.28. The van der Waals surface area contributed by atoms with Crippen LogP contribution in [0.2, 0.25) is 0 Å². The van der Waals surface area contributed by atoms with Crippen LogP contribution < -0.4 is 0 Å². The molecule has 2 nitrogen and oxygen atoms in total. The molecular formula is C14H15NO. The zero-order valence-electron chi connectivity index (χ0n) is 9.35. The van der Waals surface area contributed by atoms with E-state index in [1.165, 1.54) is 5.56 Å². The van der Waals surface area contributed by atoms with Gasteiger partial charge in [-0.25, -0.2) is 0 Å². The first-order chi connectivity index (χ1) is 7.66. The smallest absolute Gasteiger partial charge is 0.0696 e. The fourth-order valence-corrected chi connectivity index (χ4v) is 1.67. The second-order valence-electron chi connectivity index (χ2n) is 3.99. The molecule has 0 fully saturated rings. The lowest BCUT2D eigenvalue weighted by molar-refractivity contribution is 0.244. The summed E-state index contributed by atoms with van der Waals surface area (Å²) in [5.74, 6) is 0. The highest BCUT2D eigenvalue weighted by atomic mass is 16.3. The molecule has 0 aromatic heterocycles. The highest BCUT2D eigenvalue weighted by molar-refractivity contribution is 6.07. The van der Waals surface area contributed by atoms with Crippen LogP contribution in [0.4, 0.5) is 5.69 Å². The molecule has 1 heterocycles. The lowest BCUT2D eigenvalue weighted by Crippen LogP contribution is -2.00. The lowest BCUT2D eigenvalue weighted by atomic mass is 10.1. The van der Waals surface area contributed by atoms with Gasteiger partial charge in [0.1, 0.15) is 0 Å². The molecule has 1 atom stereocenters. The number of benzene rings is 1. The van der Waals surface area contributed by atoms with Crippen LogP contribution in [0.25, 0.3) is 0 Å². The van der Waals surface area contributed by atoms with E-state index in [1.807, 2.05) is 24.3 Å². The molecule has 1 N–H and O–H groups in total. The van der Waals surface area contributed by atoms with Crippen LogP contribution in [0.15, 0.2) is 53.6 Å². The summed E-state index contributed by atoms with van der Waals surface area (Å²) in [6.07, 6.45) is 3.93. The second kappa shape index (κ2) is 4.45. The number of hydrogen-bond donors (Lipinski definition) is 1. The Bertz CT molecular complexity index is 469. The van der Waals surface area contributed by atoms with E-state index in [9.17, 15) is 0 Å².